The SMILES string of the molecule is C1CNN(ON2CCCN2)C1. The summed E-state index contributed by atoms with van der Waals surface area (Å²) in [6.07, 6.45) is 2.32. The Morgan fingerprint density at radius 2 is 1.45 bits per heavy atom. The molecule has 64 valence electrons. The third kappa shape index (κ3) is 1.88. The van der Waals surface area contributed by atoms with Crippen molar-refractivity contribution in [1.29, 1.82) is 0 Å². The molecule has 0 spiro atoms. The van der Waals surface area contributed by atoms with Crippen LogP contribution in [0.5, 0.6) is 0 Å². The molecule has 2 fully saturated rings. The predicted molar refractivity (Wildman–Crippen MR) is 39.7 cm³/mol. The van der Waals surface area contributed by atoms with E-state index in [9.17, 15) is 0 Å². The van der Waals surface area contributed by atoms with E-state index < -0.39 is 0 Å². The number of hydroxylamine groups is 2. The first kappa shape index (κ1) is 7.45. The van der Waals surface area contributed by atoms with Crippen LogP contribution in [0, 0.1) is 0 Å². The lowest BCUT2D eigenvalue weighted by Gasteiger charge is -2.21. The van der Waals surface area contributed by atoms with Crippen LogP contribution in [-0.4, -0.2) is 36.5 Å². The first-order valence-corrected chi connectivity index (χ1v) is 4.15. The summed E-state index contributed by atoms with van der Waals surface area (Å²) in [5.41, 5.74) is 6.23. The minimum absolute atomic E-state index is 0.970. The Morgan fingerprint density at radius 1 is 0.909 bits per heavy atom. The van der Waals surface area contributed by atoms with Gasteiger partial charge in [-0.2, -0.15) is 4.94 Å². The van der Waals surface area contributed by atoms with E-state index in [2.05, 4.69) is 10.9 Å². The smallest absolute Gasteiger partial charge is 0.0434 e. The van der Waals surface area contributed by atoms with Crippen LogP contribution in [0.4, 0.5) is 0 Å². The highest BCUT2D eigenvalue weighted by Gasteiger charge is 2.18. The van der Waals surface area contributed by atoms with E-state index in [-0.39, 0.29) is 0 Å². The molecular formula is C6H14N4O. The molecule has 0 amide bonds. The van der Waals surface area contributed by atoms with Crippen LogP contribution in [0.1, 0.15) is 12.8 Å². The summed E-state index contributed by atoms with van der Waals surface area (Å²) in [4.78, 5) is 5.42. The standard InChI is InChI=1S/C6H14N4O/c1-3-7-9(5-1)11-10-6-2-4-8-10/h7-8H,1-6H2. The summed E-state index contributed by atoms with van der Waals surface area (Å²) in [6.45, 7) is 3.98. The van der Waals surface area contributed by atoms with Crippen molar-refractivity contribution in [2.24, 2.45) is 0 Å². The number of rotatable bonds is 2. The van der Waals surface area contributed by atoms with Gasteiger partial charge in [0, 0.05) is 26.2 Å². The quantitative estimate of drug-likeness (QED) is 0.553. The Kier molecular flexibility index (Phi) is 2.35. The van der Waals surface area contributed by atoms with Crippen molar-refractivity contribution < 1.29 is 4.94 Å². The lowest BCUT2D eigenvalue weighted by atomic mass is 10.5. The molecule has 0 atom stereocenters. The molecule has 2 rings (SSSR count). The van der Waals surface area contributed by atoms with Crippen LogP contribution in [0.15, 0.2) is 0 Å². The summed E-state index contributed by atoms with van der Waals surface area (Å²) in [5, 5.41) is 3.55. The summed E-state index contributed by atoms with van der Waals surface area (Å²) in [5.74, 6) is 0. The van der Waals surface area contributed by atoms with Gasteiger partial charge in [-0.25, -0.2) is 10.9 Å². The Balaban J connectivity index is 1.71. The Hall–Kier alpha value is -0.200. The number of nitrogens with zero attached hydrogens (tertiary/aromatic N) is 2. The molecule has 2 saturated heterocycles. The molecular weight excluding hydrogens is 144 g/mol. The van der Waals surface area contributed by atoms with E-state index in [4.69, 9.17) is 4.94 Å². The highest BCUT2D eigenvalue weighted by molar-refractivity contribution is 4.55. The Morgan fingerprint density at radius 3 is 1.82 bits per heavy atom. The van der Waals surface area contributed by atoms with Crippen molar-refractivity contribution in [3.63, 3.8) is 0 Å². The van der Waals surface area contributed by atoms with Crippen molar-refractivity contribution >= 4 is 0 Å². The monoisotopic (exact) mass is 158 g/mol. The zero-order chi connectivity index (χ0) is 7.52. The van der Waals surface area contributed by atoms with E-state index in [1.54, 1.807) is 10.3 Å². The van der Waals surface area contributed by atoms with Gasteiger partial charge in [0.05, 0.1) is 0 Å². The van der Waals surface area contributed by atoms with Crippen LogP contribution >= 0.6 is 0 Å². The zero-order valence-corrected chi connectivity index (χ0v) is 6.55. The van der Waals surface area contributed by atoms with Gasteiger partial charge in [-0.15, -0.1) is 10.3 Å². The van der Waals surface area contributed by atoms with Crippen molar-refractivity contribution in [2.75, 3.05) is 26.2 Å². The lowest BCUT2D eigenvalue weighted by molar-refractivity contribution is -0.347. The second-order valence-electron chi connectivity index (χ2n) is 2.81. The topological polar surface area (TPSA) is 39.8 Å². The van der Waals surface area contributed by atoms with Gasteiger partial charge < -0.3 is 0 Å². The molecule has 11 heavy (non-hydrogen) atoms. The Labute approximate surface area is 66.1 Å². The van der Waals surface area contributed by atoms with Gasteiger partial charge >= 0.3 is 0 Å². The van der Waals surface area contributed by atoms with Gasteiger partial charge in [-0.1, -0.05) is 0 Å². The minimum atomic E-state index is 0.970. The van der Waals surface area contributed by atoms with Crippen LogP contribution in [0.25, 0.3) is 0 Å². The third-order valence-electron chi connectivity index (χ3n) is 1.85. The number of hydrazine groups is 2. The maximum absolute atomic E-state index is 5.42. The second-order valence-corrected chi connectivity index (χ2v) is 2.81. The fourth-order valence-corrected chi connectivity index (χ4v) is 1.27. The summed E-state index contributed by atoms with van der Waals surface area (Å²) in [7, 11) is 0. The highest BCUT2D eigenvalue weighted by atomic mass is 16.9. The molecule has 5 heteroatoms. The second kappa shape index (κ2) is 3.46. The van der Waals surface area contributed by atoms with Crippen molar-refractivity contribution in [2.45, 2.75) is 12.8 Å². The van der Waals surface area contributed by atoms with E-state index in [1.165, 1.54) is 0 Å². The van der Waals surface area contributed by atoms with Gasteiger partial charge in [0.1, 0.15) is 0 Å². The molecule has 2 N–H and O–H groups in total. The zero-order valence-electron chi connectivity index (χ0n) is 6.55. The largest absolute Gasteiger partial charge is 0.230 e. The van der Waals surface area contributed by atoms with Crippen molar-refractivity contribution in [1.82, 2.24) is 21.2 Å². The number of hydrogen-bond donors (Lipinski definition) is 2. The van der Waals surface area contributed by atoms with E-state index in [1.807, 2.05) is 0 Å². The average molecular weight is 158 g/mol. The molecule has 0 saturated carbocycles. The molecule has 5 nitrogen and oxygen atoms in total. The third-order valence-corrected chi connectivity index (χ3v) is 1.85. The van der Waals surface area contributed by atoms with Crippen LogP contribution in [0.3, 0.4) is 0 Å². The molecule has 0 aromatic rings. The Bertz CT molecular complexity index is 106. The van der Waals surface area contributed by atoms with Gasteiger partial charge in [0.2, 0.25) is 0 Å². The van der Waals surface area contributed by atoms with E-state index >= 15 is 0 Å². The summed E-state index contributed by atoms with van der Waals surface area (Å²) in [6, 6.07) is 0. The first-order valence-electron chi connectivity index (χ1n) is 4.15. The predicted octanol–water partition coefficient (Wildman–Crippen LogP) is -0.746. The van der Waals surface area contributed by atoms with Crippen LogP contribution in [-0.2, 0) is 4.94 Å². The molecule has 2 heterocycles. The molecule has 2 aliphatic rings. The molecule has 0 radical (unpaired) electrons. The maximum Gasteiger partial charge on any atom is 0.0434 e. The number of nitrogens with one attached hydrogen (secondary N) is 2. The van der Waals surface area contributed by atoms with E-state index in [0.717, 1.165) is 39.0 Å². The fourth-order valence-electron chi connectivity index (χ4n) is 1.27. The molecule has 0 bridgehead atoms. The molecule has 2 aliphatic heterocycles. The number of hydrogen-bond acceptors (Lipinski definition) is 5. The minimum Gasteiger partial charge on any atom is -0.230 e. The molecule has 0 aromatic carbocycles. The molecule has 0 aromatic heterocycles. The van der Waals surface area contributed by atoms with Crippen molar-refractivity contribution in [3.8, 4) is 0 Å². The molecule has 0 unspecified atom stereocenters. The first-order chi connectivity index (χ1) is 5.45. The van der Waals surface area contributed by atoms with Gasteiger partial charge in [0.15, 0.2) is 0 Å². The van der Waals surface area contributed by atoms with Gasteiger partial charge in [0.25, 0.3) is 0 Å². The average Bonchev–Trinajstić information content (AvgIpc) is 2.60. The van der Waals surface area contributed by atoms with E-state index in [0.29, 0.717) is 0 Å². The maximum atomic E-state index is 5.42. The summed E-state index contributed by atoms with van der Waals surface area (Å²) < 4.78 is 0. The fraction of sp³-hybridized carbons (Fsp3) is 1.00. The summed E-state index contributed by atoms with van der Waals surface area (Å²) >= 11 is 0. The molecule has 0 aliphatic carbocycles. The van der Waals surface area contributed by atoms with Gasteiger partial charge in [-0.3, -0.25) is 0 Å². The normalized spacial score (nSPS) is 28.4. The van der Waals surface area contributed by atoms with Crippen molar-refractivity contribution in [3.05, 3.63) is 0 Å². The highest BCUT2D eigenvalue weighted by Crippen LogP contribution is 2.02. The van der Waals surface area contributed by atoms with Gasteiger partial charge in [-0.05, 0) is 12.8 Å². The van der Waals surface area contributed by atoms with Crippen LogP contribution in [0.2, 0.25) is 0 Å². The lowest BCUT2D eigenvalue weighted by Crippen LogP contribution is -2.42. The van der Waals surface area contributed by atoms with Crippen LogP contribution < -0.4 is 10.9 Å².